The molecule has 1 fully saturated rings. The van der Waals surface area contributed by atoms with E-state index in [0.717, 1.165) is 17.4 Å². The van der Waals surface area contributed by atoms with Gasteiger partial charge in [0.05, 0.1) is 0 Å². The Morgan fingerprint density at radius 3 is 2.95 bits per heavy atom. The van der Waals surface area contributed by atoms with Crippen LogP contribution in [0.2, 0.25) is 0 Å². The molecule has 2 atom stereocenters. The third-order valence-electron chi connectivity index (χ3n) is 5.02. The van der Waals surface area contributed by atoms with E-state index in [1.54, 1.807) is 5.56 Å². The summed E-state index contributed by atoms with van der Waals surface area (Å²) in [5, 5.41) is 3.79. The molecular formula is C18H14IrN-. The van der Waals surface area contributed by atoms with Gasteiger partial charge in [-0.15, -0.1) is 35.0 Å². The number of benzene rings is 2. The van der Waals surface area contributed by atoms with Crippen molar-refractivity contribution in [1.82, 2.24) is 4.98 Å². The van der Waals surface area contributed by atoms with Crippen molar-refractivity contribution >= 4 is 21.7 Å². The summed E-state index contributed by atoms with van der Waals surface area (Å²) in [7, 11) is 0. The summed E-state index contributed by atoms with van der Waals surface area (Å²) in [5.41, 5.74) is 4.27. The Hall–Kier alpha value is -1.24. The van der Waals surface area contributed by atoms with Gasteiger partial charge in [0.15, 0.2) is 0 Å². The van der Waals surface area contributed by atoms with Crippen molar-refractivity contribution in [3.05, 3.63) is 53.7 Å². The van der Waals surface area contributed by atoms with E-state index in [9.17, 15) is 0 Å². The molecule has 0 spiro atoms. The van der Waals surface area contributed by atoms with Gasteiger partial charge in [0.2, 0.25) is 0 Å². The van der Waals surface area contributed by atoms with E-state index in [0.29, 0.717) is 0 Å². The van der Waals surface area contributed by atoms with Gasteiger partial charge in [-0.3, -0.25) is 0 Å². The van der Waals surface area contributed by atoms with Gasteiger partial charge in [-0.2, -0.15) is 0 Å². The molecule has 2 bridgehead atoms. The summed E-state index contributed by atoms with van der Waals surface area (Å²) in [6, 6.07) is 14.0. The fourth-order valence-corrected chi connectivity index (χ4v) is 4.20. The average Bonchev–Trinajstić information content (AvgIpc) is 3.08. The first-order valence-electron chi connectivity index (χ1n) is 7.14. The van der Waals surface area contributed by atoms with Crippen LogP contribution in [-0.2, 0) is 20.1 Å². The predicted octanol–water partition coefficient (Wildman–Crippen LogP) is 4.55. The number of hydrogen-bond donors (Lipinski definition) is 0. The van der Waals surface area contributed by atoms with Gasteiger partial charge < -0.3 is 4.98 Å². The molecule has 1 saturated carbocycles. The quantitative estimate of drug-likeness (QED) is 0.372. The summed E-state index contributed by atoms with van der Waals surface area (Å²) >= 11 is 0. The molecule has 0 aliphatic heterocycles. The van der Waals surface area contributed by atoms with Crippen molar-refractivity contribution in [3.8, 4) is 0 Å². The maximum absolute atomic E-state index is 4.77. The first-order valence-corrected chi connectivity index (χ1v) is 7.14. The molecule has 2 aliphatic carbocycles. The average molecular weight is 437 g/mol. The summed E-state index contributed by atoms with van der Waals surface area (Å²) in [4.78, 5) is 4.77. The standard InChI is InChI=1S/C18H14N.Ir/c1-2-4-14-11(3-1)7-8-15-17-13-6-5-12(9-13)16(17)10-19-18(14)15;/h1-3,7-8,10,12-13H,5-6,9H2;/q-1;. The van der Waals surface area contributed by atoms with Crippen LogP contribution in [0, 0.1) is 6.07 Å². The van der Waals surface area contributed by atoms with Gasteiger partial charge in [-0.05, 0) is 53.1 Å². The Balaban J connectivity index is 0.00000106. The minimum atomic E-state index is 0. The molecule has 20 heavy (non-hydrogen) atoms. The Morgan fingerprint density at radius 1 is 1.10 bits per heavy atom. The number of fused-ring (bicyclic) bond motifs is 9. The van der Waals surface area contributed by atoms with Gasteiger partial charge in [-0.25, -0.2) is 0 Å². The van der Waals surface area contributed by atoms with E-state index in [-0.39, 0.29) is 20.1 Å². The molecule has 2 heteroatoms. The second kappa shape index (κ2) is 4.38. The molecule has 0 saturated heterocycles. The zero-order chi connectivity index (χ0) is 12.4. The first-order chi connectivity index (χ1) is 9.42. The van der Waals surface area contributed by atoms with Crippen LogP contribution in [0.3, 0.4) is 0 Å². The molecular weight excluding hydrogens is 422 g/mol. The molecule has 101 valence electrons. The molecule has 3 aromatic rings. The van der Waals surface area contributed by atoms with E-state index in [1.807, 2.05) is 12.1 Å². The van der Waals surface area contributed by atoms with E-state index in [4.69, 9.17) is 4.98 Å². The topological polar surface area (TPSA) is 12.9 Å². The SMILES string of the molecule is [Ir].[c-]1cccc2ccc3c4c(cnc3c12)C1CCC4C1. The van der Waals surface area contributed by atoms with Crippen LogP contribution < -0.4 is 0 Å². The molecule has 1 aromatic heterocycles. The Bertz CT molecular complexity index is 824. The minimum absolute atomic E-state index is 0. The van der Waals surface area contributed by atoms with Crippen LogP contribution in [0.4, 0.5) is 0 Å². The van der Waals surface area contributed by atoms with Crippen molar-refractivity contribution < 1.29 is 20.1 Å². The fraction of sp³-hybridized carbons (Fsp3) is 0.278. The molecule has 1 radical (unpaired) electrons. The van der Waals surface area contributed by atoms with Crippen molar-refractivity contribution in [1.29, 1.82) is 0 Å². The van der Waals surface area contributed by atoms with Crippen LogP contribution in [0.25, 0.3) is 21.7 Å². The van der Waals surface area contributed by atoms with E-state index in [1.165, 1.54) is 41.0 Å². The Morgan fingerprint density at radius 2 is 2.00 bits per heavy atom. The number of hydrogen-bond acceptors (Lipinski definition) is 1. The van der Waals surface area contributed by atoms with Gasteiger partial charge in [0, 0.05) is 26.3 Å². The number of nitrogens with zero attached hydrogens (tertiary/aromatic N) is 1. The Kier molecular flexibility index (Phi) is 2.73. The molecule has 0 N–H and O–H groups in total. The fourth-order valence-electron chi connectivity index (χ4n) is 4.20. The van der Waals surface area contributed by atoms with Crippen molar-refractivity contribution in [2.45, 2.75) is 31.1 Å². The second-order valence-corrected chi connectivity index (χ2v) is 5.93. The molecule has 5 rings (SSSR count). The predicted molar refractivity (Wildman–Crippen MR) is 77.4 cm³/mol. The Labute approximate surface area is 131 Å². The number of rotatable bonds is 0. The summed E-state index contributed by atoms with van der Waals surface area (Å²) in [6.07, 6.45) is 6.23. The van der Waals surface area contributed by atoms with Crippen LogP contribution in [0.1, 0.15) is 42.2 Å². The zero-order valence-corrected chi connectivity index (χ0v) is 13.4. The molecule has 0 amide bonds. The largest absolute Gasteiger partial charge is 0.304 e. The molecule has 2 aromatic carbocycles. The van der Waals surface area contributed by atoms with Crippen LogP contribution in [0.15, 0.2) is 36.5 Å². The molecule has 2 aliphatic rings. The minimum Gasteiger partial charge on any atom is -0.304 e. The molecule has 2 unspecified atom stereocenters. The normalized spacial score (nSPS) is 23.0. The van der Waals surface area contributed by atoms with E-state index in [2.05, 4.69) is 30.5 Å². The zero-order valence-electron chi connectivity index (χ0n) is 11.0. The maximum Gasteiger partial charge on any atom is 0.0199 e. The van der Waals surface area contributed by atoms with Gasteiger partial charge in [-0.1, -0.05) is 12.1 Å². The van der Waals surface area contributed by atoms with E-state index >= 15 is 0 Å². The molecule has 1 nitrogen and oxygen atoms in total. The van der Waals surface area contributed by atoms with Crippen molar-refractivity contribution in [2.75, 3.05) is 0 Å². The summed E-state index contributed by atoms with van der Waals surface area (Å²) in [6.45, 7) is 0. The third kappa shape index (κ3) is 1.50. The monoisotopic (exact) mass is 437 g/mol. The van der Waals surface area contributed by atoms with Crippen LogP contribution in [-0.4, -0.2) is 4.98 Å². The maximum atomic E-state index is 4.77. The van der Waals surface area contributed by atoms with Gasteiger partial charge >= 0.3 is 0 Å². The van der Waals surface area contributed by atoms with Crippen LogP contribution in [0.5, 0.6) is 0 Å². The van der Waals surface area contributed by atoms with E-state index < -0.39 is 0 Å². The molecule has 1 heterocycles. The third-order valence-corrected chi connectivity index (χ3v) is 5.02. The second-order valence-electron chi connectivity index (χ2n) is 5.93. The number of aromatic nitrogens is 1. The van der Waals surface area contributed by atoms with Crippen LogP contribution >= 0.6 is 0 Å². The summed E-state index contributed by atoms with van der Waals surface area (Å²) < 4.78 is 0. The summed E-state index contributed by atoms with van der Waals surface area (Å²) in [5.74, 6) is 1.57. The number of pyridine rings is 1. The smallest absolute Gasteiger partial charge is 0.0199 e. The van der Waals surface area contributed by atoms with Crippen molar-refractivity contribution in [2.24, 2.45) is 0 Å². The van der Waals surface area contributed by atoms with Gasteiger partial charge in [0.25, 0.3) is 0 Å². The first kappa shape index (κ1) is 12.5. The van der Waals surface area contributed by atoms with Gasteiger partial charge in [0.1, 0.15) is 0 Å². The van der Waals surface area contributed by atoms with Crippen molar-refractivity contribution in [3.63, 3.8) is 0 Å².